The Labute approximate surface area is 167 Å². The van der Waals surface area contributed by atoms with Crippen LogP contribution in [-0.4, -0.2) is 34.2 Å². The zero-order valence-corrected chi connectivity index (χ0v) is 16.0. The van der Waals surface area contributed by atoms with Crippen LogP contribution in [0.25, 0.3) is 0 Å². The molecule has 0 radical (unpaired) electrons. The van der Waals surface area contributed by atoms with E-state index < -0.39 is 5.82 Å². The van der Waals surface area contributed by atoms with Crippen molar-refractivity contribution in [3.63, 3.8) is 0 Å². The van der Waals surface area contributed by atoms with E-state index in [9.17, 15) is 9.18 Å². The molecular weight excluding hydrogens is 375 g/mol. The molecule has 2 heterocycles. The Kier molecular flexibility index (Phi) is 5.41. The number of anilines is 1. The van der Waals surface area contributed by atoms with Gasteiger partial charge in [-0.2, -0.15) is 4.98 Å². The number of carbonyl (C=O) groups is 1. The van der Waals surface area contributed by atoms with Gasteiger partial charge in [-0.05, 0) is 37.6 Å². The molecule has 1 N–H and O–H groups in total. The average Bonchev–Trinajstić information content (AvgIpc) is 3.39. The fourth-order valence-corrected chi connectivity index (χ4v) is 3.18. The van der Waals surface area contributed by atoms with E-state index in [0.717, 1.165) is 11.3 Å². The molecule has 1 aliphatic heterocycles. The lowest BCUT2D eigenvalue weighted by molar-refractivity contribution is 0.221. The normalized spacial score (nSPS) is 16.1. The molecule has 0 saturated carbocycles. The minimum atomic E-state index is -0.465. The van der Waals surface area contributed by atoms with Crippen molar-refractivity contribution in [1.29, 1.82) is 0 Å². The number of carbonyl (C=O) groups excluding carboxylic acids is 1. The Morgan fingerprint density at radius 3 is 2.86 bits per heavy atom. The van der Waals surface area contributed by atoms with Crippen LogP contribution >= 0.6 is 0 Å². The molecule has 0 bridgehead atoms. The predicted molar refractivity (Wildman–Crippen MR) is 104 cm³/mol. The van der Waals surface area contributed by atoms with Crippen molar-refractivity contribution in [2.75, 3.05) is 18.4 Å². The fourth-order valence-electron chi connectivity index (χ4n) is 3.18. The number of hydrogen-bond acceptors (Lipinski definition) is 5. The Bertz CT molecular complexity index is 990. The van der Waals surface area contributed by atoms with Gasteiger partial charge < -0.3 is 19.5 Å². The molecule has 2 aromatic carbocycles. The molecule has 29 heavy (non-hydrogen) atoms. The first-order valence-electron chi connectivity index (χ1n) is 9.41. The first-order chi connectivity index (χ1) is 14.1. The second kappa shape index (κ2) is 8.30. The molecule has 3 aromatic rings. The van der Waals surface area contributed by atoms with Gasteiger partial charge in [-0.3, -0.25) is 0 Å². The lowest BCUT2D eigenvalue weighted by Gasteiger charge is -2.17. The first-order valence-corrected chi connectivity index (χ1v) is 9.41. The number of rotatable bonds is 5. The van der Waals surface area contributed by atoms with E-state index in [1.807, 2.05) is 31.2 Å². The number of ether oxygens (including phenoxy) is 1. The first kappa shape index (κ1) is 18.9. The van der Waals surface area contributed by atoms with Crippen LogP contribution in [0.2, 0.25) is 0 Å². The number of nitrogens with zero attached hydrogens (tertiary/aromatic N) is 3. The second-order valence-electron chi connectivity index (χ2n) is 6.99. The molecule has 1 aliphatic rings. The van der Waals surface area contributed by atoms with Crippen LogP contribution in [0.15, 0.2) is 53.1 Å². The standard InChI is InChI=1S/C21H21FN4O3/c1-14-6-8-16(9-7-14)28-13-19-24-20(25-29-19)15-10-11-26(12-15)21(27)23-18-5-3-2-4-17(18)22/h2-9,15H,10-13H2,1H3,(H,23,27). The molecule has 1 atom stereocenters. The minimum absolute atomic E-state index is 0.0294. The van der Waals surface area contributed by atoms with Crippen LogP contribution in [0, 0.1) is 12.7 Å². The maximum Gasteiger partial charge on any atom is 0.321 e. The topological polar surface area (TPSA) is 80.5 Å². The van der Waals surface area contributed by atoms with Crippen molar-refractivity contribution in [3.05, 3.63) is 71.6 Å². The van der Waals surface area contributed by atoms with Gasteiger partial charge in [-0.15, -0.1) is 0 Å². The van der Waals surface area contributed by atoms with Gasteiger partial charge in [0.05, 0.1) is 5.69 Å². The number of aromatic nitrogens is 2. The summed E-state index contributed by atoms with van der Waals surface area (Å²) in [6, 6.07) is 13.4. The molecule has 0 aliphatic carbocycles. The van der Waals surface area contributed by atoms with Crippen molar-refractivity contribution < 1.29 is 18.4 Å². The number of likely N-dealkylation sites (tertiary alicyclic amines) is 1. The highest BCUT2D eigenvalue weighted by molar-refractivity contribution is 5.89. The van der Waals surface area contributed by atoms with Crippen LogP contribution in [0.1, 0.15) is 29.6 Å². The zero-order chi connectivity index (χ0) is 20.2. The Hall–Kier alpha value is -3.42. The quantitative estimate of drug-likeness (QED) is 0.702. The van der Waals surface area contributed by atoms with Gasteiger partial charge in [-0.25, -0.2) is 9.18 Å². The predicted octanol–water partition coefficient (Wildman–Crippen LogP) is 4.12. The summed E-state index contributed by atoms with van der Waals surface area (Å²) in [6.07, 6.45) is 0.711. The van der Waals surface area contributed by atoms with Crippen molar-refractivity contribution in [2.45, 2.75) is 25.9 Å². The maximum absolute atomic E-state index is 13.7. The summed E-state index contributed by atoms with van der Waals surface area (Å²) in [5.41, 5.74) is 1.32. The number of hydrogen-bond donors (Lipinski definition) is 1. The van der Waals surface area contributed by atoms with Crippen molar-refractivity contribution in [3.8, 4) is 5.75 Å². The summed E-state index contributed by atoms with van der Waals surface area (Å²) in [6.45, 7) is 3.17. The van der Waals surface area contributed by atoms with Crippen LogP contribution < -0.4 is 10.1 Å². The minimum Gasteiger partial charge on any atom is -0.484 e. The van der Waals surface area contributed by atoms with Crippen LogP contribution in [0.3, 0.4) is 0 Å². The SMILES string of the molecule is Cc1ccc(OCc2nc(C3CCN(C(=O)Nc4ccccc4F)C3)no2)cc1. The molecule has 1 aromatic heterocycles. The second-order valence-corrected chi connectivity index (χ2v) is 6.99. The third kappa shape index (κ3) is 4.53. The van der Waals surface area contributed by atoms with Crippen LogP contribution in [0.4, 0.5) is 14.9 Å². The number of benzene rings is 2. The fraction of sp³-hybridized carbons (Fsp3) is 0.286. The number of halogens is 1. The van der Waals surface area contributed by atoms with E-state index in [-0.39, 0.29) is 24.2 Å². The van der Waals surface area contributed by atoms with Crippen LogP contribution in [-0.2, 0) is 6.61 Å². The van der Waals surface area contributed by atoms with Crippen molar-refractivity contribution >= 4 is 11.7 Å². The molecular formula is C21H21FN4O3. The molecule has 150 valence electrons. The molecule has 4 rings (SSSR count). The van der Waals surface area contributed by atoms with Crippen molar-refractivity contribution in [1.82, 2.24) is 15.0 Å². The van der Waals surface area contributed by atoms with E-state index in [4.69, 9.17) is 9.26 Å². The van der Waals surface area contributed by atoms with E-state index in [0.29, 0.717) is 31.2 Å². The summed E-state index contributed by atoms with van der Waals surface area (Å²) < 4.78 is 24.6. The smallest absolute Gasteiger partial charge is 0.321 e. The lowest BCUT2D eigenvalue weighted by atomic mass is 10.1. The van der Waals surface area contributed by atoms with Gasteiger partial charge in [-0.1, -0.05) is 35.0 Å². The summed E-state index contributed by atoms with van der Waals surface area (Å²) in [5, 5.41) is 6.63. The third-order valence-corrected chi connectivity index (χ3v) is 4.82. The van der Waals surface area contributed by atoms with E-state index in [1.165, 1.54) is 12.1 Å². The summed E-state index contributed by atoms with van der Waals surface area (Å²) in [7, 11) is 0. The molecule has 7 nitrogen and oxygen atoms in total. The Morgan fingerprint density at radius 2 is 2.07 bits per heavy atom. The van der Waals surface area contributed by atoms with Gasteiger partial charge in [0, 0.05) is 19.0 Å². The van der Waals surface area contributed by atoms with E-state index in [1.54, 1.807) is 17.0 Å². The van der Waals surface area contributed by atoms with Gasteiger partial charge >= 0.3 is 6.03 Å². The highest BCUT2D eigenvalue weighted by Crippen LogP contribution is 2.26. The summed E-state index contributed by atoms with van der Waals surface area (Å²) >= 11 is 0. The van der Waals surface area contributed by atoms with E-state index >= 15 is 0 Å². The highest BCUT2D eigenvalue weighted by atomic mass is 19.1. The van der Waals surface area contributed by atoms with E-state index in [2.05, 4.69) is 15.5 Å². The molecule has 1 saturated heterocycles. The number of nitrogens with one attached hydrogen (secondary N) is 1. The Balaban J connectivity index is 1.31. The summed E-state index contributed by atoms with van der Waals surface area (Å²) in [5.74, 6) is 1.17. The van der Waals surface area contributed by atoms with Crippen molar-refractivity contribution in [2.24, 2.45) is 0 Å². The average molecular weight is 396 g/mol. The highest BCUT2D eigenvalue weighted by Gasteiger charge is 2.31. The molecule has 0 spiro atoms. The number of aryl methyl sites for hydroxylation is 1. The third-order valence-electron chi connectivity index (χ3n) is 4.82. The Morgan fingerprint density at radius 1 is 1.28 bits per heavy atom. The number of para-hydroxylation sites is 1. The maximum atomic E-state index is 13.7. The number of urea groups is 1. The zero-order valence-electron chi connectivity index (χ0n) is 16.0. The van der Waals surface area contributed by atoms with Gasteiger partial charge in [0.25, 0.3) is 5.89 Å². The monoisotopic (exact) mass is 396 g/mol. The molecule has 1 unspecified atom stereocenters. The van der Waals surface area contributed by atoms with Gasteiger partial charge in [0.15, 0.2) is 12.4 Å². The number of amides is 2. The van der Waals surface area contributed by atoms with Gasteiger partial charge in [0.1, 0.15) is 11.6 Å². The molecule has 1 fully saturated rings. The molecule has 2 amide bonds. The lowest BCUT2D eigenvalue weighted by Crippen LogP contribution is -2.33. The molecule has 8 heteroatoms. The largest absolute Gasteiger partial charge is 0.484 e. The van der Waals surface area contributed by atoms with Gasteiger partial charge in [0.2, 0.25) is 0 Å². The van der Waals surface area contributed by atoms with Crippen LogP contribution in [0.5, 0.6) is 5.75 Å². The summed E-state index contributed by atoms with van der Waals surface area (Å²) in [4.78, 5) is 18.4.